The van der Waals surface area contributed by atoms with E-state index >= 15 is 0 Å². The molecule has 0 aliphatic heterocycles. The van der Waals surface area contributed by atoms with Gasteiger partial charge >= 0.3 is 0 Å². The molecule has 3 rings (SSSR count). The topological polar surface area (TPSA) is 80.9 Å². The lowest BCUT2D eigenvalue weighted by molar-refractivity contribution is -0.481. The maximum atomic E-state index is 13.0. The number of aromatic nitrogens is 2. The van der Waals surface area contributed by atoms with Crippen molar-refractivity contribution in [3.05, 3.63) is 96.4 Å². The molecule has 1 N–H and O–H groups in total. The zero-order chi connectivity index (χ0) is 18.0. The molecule has 1 heterocycles. The van der Waals surface area contributed by atoms with E-state index in [1.807, 2.05) is 48.5 Å². The van der Waals surface area contributed by atoms with E-state index < -0.39 is 5.92 Å². The van der Waals surface area contributed by atoms with Crippen LogP contribution in [-0.4, -0.2) is 21.2 Å². The molecule has 0 amide bonds. The molecule has 0 radical (unpaired) electrons. The predicted octanol–water partition coefficient (Wildman–Crippen LogP) is 3.65. The summed E-state index contributed by atoms with van der Waals surface area (Å²) in [5.74, 6) is -0.640. The molecule has 0 fully saturated rings. The Morgan fingerprint density at radius 1 is 1.16 bits per heavy atom. The first-order chi connectivity index (χ1) is 12.0. The maximum absolute atomic E-state index is 13.0. The smallest absolute Gasteiger partial charge is 0.275 e. The highest BCUT2D eigenvalue weighted by Crippen LogP contribution is 2.30. The van der Waals surface area contributed by atoms with Gasteiger partial charge in [-0.05, 0) is 30.7 Å². The highest BCUT2D eigenvalue weighted by molar-refractivity contribution is 9.10. The van der Waals surface area contributed by atoms with Crippen LogP contribution in [-0.2, 0) is 0 Å². The molecule has 0 spiro atoms. The van der Waals surface area contributed by atoms with Crippen molar-refractivity contribution in [3.63, 3.8) is 0 Å². The zero-order valence-electron chi connectivity index (χ0n) is 13.5. The Balaban J connectivity index is 2.18. The van der Waals surface area contributed by atoms with Crippen LogP contribution in [0.2, 0.25) is 0 Å². The minimum Gasteiger partial charge on any atom is -0.295 e. The second-order valence-corrected chi connectivity index (χ2v) is 6.57. The van der Waals surface area contributed by atoms with Gasteiger partial charge in [0.1, 0.15) is 0 Å². The zero-order valence-corrected chi connectivity index (χ0v) is 15.1. The lowest BCUT2D eigenvalue weighted by Crippen LogP contribution is -2.24. The van der Waals surface area contributed by atoms with Crippen LogP contribution in [0.25, 0.3) is 5.69 Å². The van der Waals surface area contributed by atoms with Gasteiger partial charge in [-0.2, -0.15) is 0 Å². The molecule has 3 aromatic rings. The standard InChI is InChI=1S/C18H16BrN3O3/c1-12-17(18(23)22(20-12)13-7-3-2-4-8-13)15(11-21(24)25)14-9-5-6-10-16(14)19/h2-10,15,20H,11H2,1H3. The lowest BCUT2D eigenvalue weighted by atomic mass is 9.91. The minimum absolute atomic E-state index is 0.272. The highest BCUT2D eigenvalue weighted by atomic mass is 79.9. The molecule has 0 saturated heterocycles. The Labute approximate surface area is 152 Å². The van der Waals surface area contributed by atoms with Crippen molar-refractivity contribution in [1.82, 2.24) is 9.78 Å². The normalized spacial score (nSPS) is 12.1. The van der Waals surface area contributed by atoms with E-state index in [9.17, 15) is 14.9 Å². The van der Waals surface area contributed by atoms with Gasteiger partial charge in [-0.1, -0.05) is 52.3 Å². The van der Waals surface area contributed by atoms with Gasteiger partial charge in [0.15, 0.2) is 0 Å². The van der Waals surface area contributed by atoms with Crippen LogP contribution in [0.4, 0.5) is 0 Å². The van der Waals surface area contributed by atoms with Gasteiger partial charge in [-0.15, -0.1) is 0 Å². The Hall–Kier alpha value is -2.67. The van der Waals surface area contributed by atoms with Crippen molar-refractivity contribution in [2.45, 2.75) is 12.8 Å². The average molecular weight is 402 g/mol. The first-order valence-electron chi connectivity index (χ1n) is 7.72. The van der Waals surface area contributed by atoms with Crippen LogP contribution in [0.1, 0.15) is 22.7 Å². The number of benzene rings is 2. The number of nitrogens with one attached hydrogen (secondary N) is 1. The summed E-state index contributed by atoms with van der Waals surface area (Å²) in [6, 6.07) is 16.4. The van der Waals surface area contributed by atoms with E-state index in [4.69, 9.17) is 0 Å². The summed E-state index contributed by atoms with van der Waals surface area (Å²) in [6.07, 6.45) is 0. The predicted molar refractivity (Wildman–Crippen MR) is 99.0 cm³/mol. The number of aromatic amines is 1. The van der Waals surface area contributed by atoms with Gasteiger partial charge in [-0.25, -0.2) is 4.68 Å². The van der Waals surface area contributed by atoms with E-state index in [1.165, 1.54) is 4.68 Å². The number of halogens is 1. The molecule has 128 valence electrons. The highest BCUT2D eigenvalue weighted by Gasteiger charge is 2.29. The third-order valence-electron chi connectivity index (χ3n) is 4.09. The molecule has 1 aromatic heterocycles. The monoisotopic (exact) mass is 401 g/mol. The Morgan fingerprint density at radius 2 is 1.80 bits per heavy atom. The van der Waals surface area contributed by atoms with Gasteiger partial charge in [0.05, 0.1) is 17.2 Å². The number of aryl methyl sites for hydroxylation is 1. The molecule has 7 heteroatoms. The van der Waals surface area contributed by atoms with Crippen LogP contribution in [0, 0.1) is 17.0 Å². The van der Waals surface area contributed by atoms with E-state index in [0.717, 1.165) is 10.0 Å². The van der Waals surface area contributed by atoms with Crippen molar-refractivity contribution in [2.24, 2.45) is 0 Å². The molecule has 0 bridgehead atoms. The van der Waals surface area contributed by atoms with Crippen LogP contribution in [0.5, 0.6) is 0 Å². The van der Waals surface area contributed by atoms with Crippen molar-refractivity contribution in [3.8, 4) is 5.69 Å². The number of para-hydroxylation sites is 1. The first-order valence-corrected chi connectivity index (χ1v) is 8.51. The third-order valence-corrected chi connectivity index (χ3v) is 4.81. The number of H-pyrrole nitrogens is 1. The minimum atomic E-state index is -0.640. The molecule has 1 unspecified atom stereocenters. The van der Waals surface area contributed by atoms with E-state index in [2.05, 4.69) is 21.0 Å². The fourth-order valence-electron chi connectivity index (χ4n) is 2.98. The number of rotatable bonds is 5. The van der Waals surface area contributed by atoms with Crippen LogP contribution in [0.3, 0.4) is 0 Å². The van der Waals surface area contributed by atoms with Gasteiger partial charge in [0.25, 0.3) is 5.56 Å². The summed E-state index contributed by atoms with van der Waals surface area (Å²) in [5, 5.41) is 14.3. The maximum Gasteiger partial charge on any atom is 0.275 e. The lowest BCUT2D eigenvalue weighted by Gasteiger charge is -2.13. The van der Waals surface area contributed by atoms with E-state index in [0.29, 0.717) is 16.9 Å². The summed E-state index contributed by atoms with van der Waals surface area (Å²) in [5.41, 5.74) is 2.17. The number of nitro groups is 1. The molecule has 0 aliphatic rings. The van der Waals surface area contributed by atoms with Gasteiger partial charge in [0.2, 0.25) is 6.54 Å². The van der Waals surface area contributed by atoms with Crippen molar-refractivity contribution >= 4 is 15.9 Å². The first kappa shape index (κ1) is 17.2. The molecule has 2 aromatic carbocycles. The van der Waals surface area contributed by atoms with E-state index in [-0.39, 0.29) is 17.0 Å². The second-order valence-electron chi connectivity index (χ2n) is 5.72. The molecule has 6 nitrogen and oxygen atoms in total. The molecular formula is C18H16BrN3O3. The second kappa shape index (κ2) is 7.06. The molecule has 25 heavy (non-hydrogen) atoms. The van der Waals surface area contributed by atoms with Gasteiger partial charge in [-0.3, -0.25) is 20.0 Å². The molecule has 0 saturated carbocycles. The quantitative estimate of drug-likeness (QED) is 0.523. The fourth-order valence-corrected chi connectivity index (χ4v) is 3.54. The van der Waals surface area contributed by atoms with Crippen molar-refractivity contribution in [1.29, 1.82) is 0 Å². The summed E-state index contributed by atoms with van der Waals surface area (Å²) < 4.78 is 2.17. The Kier molecular flexibility index (Phi) is 4.85. The number of hydrogen-bond acceptors (Lipinski definition) is 3. The van der Waals surface area contributed by atoms with Gasteiger partial charge < -0.3 is 0 Å². The fraction of sp³-hybridized carbons (Fsp3) is 0.167. The van der Waals surface area contributed by atoms with E-state index in [1.54, 1.807) is 13.0 Å². The SMILES string of the molecule is Cc1[nH]n(-c2ccccc2)c(=O)c1C(C[N+](=O)[O-])c1ccccc1Br. The van der Waals surface area contributed by atoms with Crippen molar-refractivity contribution in [2.75, 3.05) is 6.54 Å². The Bertz CT molecular complexity index is 963. The molecule has 1 atom stereocenters. The Morgan fingerprint density at radius 3 is 2.44 bits per heavy atom. The largest absolute Gasteiger partial charge is 0.295 e. The average Bonchev–Trinajstić information content (AvgIpc) is 2.89. The molecular weight excluding hydrogens is 386 g/mol. The summed E-state index contributed by atoms with van der Waals surface area (Å²) in [6.45, 7) is 1.41. The third kappa shape index (κ3) is 3.41. The molecule has 0 aliphatic carbocycles. The number of hydrogen-bond donors (Lipinski definition) is 1. The van der Waals surface area contributed by atoms with Gasteiger partial charge in [0, 0.05) is 15.1 Å². The van der Waals surface area contributed by atoms with Crippen LogP contribution >= 0.6 is 15.9 Å². The van der Waals surface area contributed by atoms with Crippen molar-refractivity contribution < 1.29 is 4.92 Å². The summed E-state index contributed by atoms with van der Waals surface area (Å²) >= 11 is 3.44. The van der Waals surface area contributed by atoms with Crippen LogP contribution < -0.4 is 5.56 Å². The van der Waals surface area contributed by atoms with Crippen LogP contribution in [0.15, 0.2) is 63.9 Å². The summed E-state index contributed by atoms with van der Waals surface area (Å²) in [7, 11) is 0. The number of nitrogens with zero attached hydrogens (tertiary/aromatic N) is 2. The summed E-state index contributed by atoms with van der Waals surface area (Å²) in [4.78, 5) is 23.8.